The predicted molar refractivity (Wildman–Crippen MR) is 126 cm³/mol. The minimum atomic E-state index is -0.437. The minimum absolute atomic E-state index is 0.0425. The number of amides is 2. The second-order valence-corrected chi connectivity index (χ2v) is 8.59. The highest BCUT2D eigenvalue weighted by Crippen LogP contribution is 2.31. The summed E-state index contributed by atoms with van der Waals surface area (Å²) in [6, 6.07) is 13.6. The fourth-order valence-electron chi connectivity index (χ4n) is 3.44. The van der Waals surface area contributed by atoms with Crippen molar-refractivity contribution in [2.24, 2.45) is 4.99 Å². The van der Waals surface area contributed by atoms with E-state index in [0.29, 0.717) is 48.6 Å². The smallest absolute Gasteiger partial charge is 0.286 e. The maximum absolute atomic E-state index is 12.4. The number of carbonyl (C=O) groups excluding carboxylic acids is 2. The Kier molecular flexibility index (Phi) is 6.74. The molecule has 2 aromatic carbocycles. The van der Waals surface area contributed by atoms with Gasteiger partial charge in [-0.1, -0.05) is 12.1 Å². The van der Waals surface area contributed by atoms with Crippen LogP contribution < -0.4 is 4.74 Å². The van der Waals surface area contributed by atoms with E-state index in [2.05, 4.69) is 4.99 Å². The number of benzene rings is 2. The van der Waals surface area contributed by atoms with E-state index in [1.54, 1.807) is 30.0 Å². The van der Waals surface area contributed by atoms with Gasteiger partial charge in [0.15, 0.2) is 5.17 Å². The zero-order valence-electron chi connectivity index (χ0n) is 18.0. The molecular formula is C23H22N4O5S. The van der Waals surface area contributed by atoms with Crippen molar-refractivity contribution >= 4 is 40.5 Å². The van der Waals surface area contributed by atoms with Crippen LogP contribution in [0.4, 0.5) is 5.69 Å². The number of hydrogen-bond donors (Lipinski definition) is 0. The summed E-state index contributed by atoms with van der Waals surface area (Å²) >= 11 is 1.35. The van der Waals surface area contributed by atoms with Crippen LogP contribution in [-0.4, -0.2) is 57.9 Å². The maximum Gasteiger partial charge on any atom is 0.286 e. The molecule has 2 aromatic rings. The summed E-state index contributed by atoms with van der Waals surface area (Å²) in [5.74, 6) is 0.455. The van der Waals surface area contributed by atoms with Crippen molar-refractivity contribution in [3.05, 3.63) is 74.7 Å². The molecule has 4 rings (SSSR count). The molecule has 2 heterocycles. The number of non-ortho nitro benzene ring substituents is 1. The van der Waals surface area contributed by atoms with E-state index < -0.39 is 4.92 Å². The normalized spacial score (nSPS) is 17.3. The number of thioether (sulfide) groups is 1. The molecule has 0 N–H and O–H groups in total. The van der Waals surface area contributed by atoms with Crippen LogP contribution in [0.15, 0.2) is 58.4 Å². The Morgan fingerprint density at radius 3 is 2.39 bits per heavy atom. The van der Waals surface area contributed by atoms with Gasteiger partial charge in [-0.05, 0) is 53.2 Å². The molecule has 2 aliphatic rings. The number of hydrogen-bond acceptors (Lipinski definition) is 7. The van der Waals surface area contributed by atoms with E-state index in [-0.39, 0.29) is 17.5 Å². The summed E-state index contributed by atoms with van der Waals surface area (Å²) in [5, 5.41) is 11.4. The molecule has 0 unspecified atom stereocenters. The van der Waals surface area contributed by atoms with Gasteiger partial charge in [0.25, 0.3) is 11.6 Å². The summed E-state index contributed by atoms with van der Waals surface area (Å²) in [7, 11) is 0. The average Bonchev–Trinajstić information content (AvgIpc) is 3.19. The van der Waals surface area contributed by atoms with Crippen molar-refractivity contribution in [1.29, 1.82) is 0 Å². The monoisotopic (exact) mass is 466 g/mol. The van der Waals surface area contributed by atoms with Crippen LogP contribution in [0.1, 0.15) is 18.1 Å². The van der Waals surface area contributed by atoms with E-state index in [1.165, 1.54) is 23.9 Å². The first-order valence-electron chi connectivity index (χ1n) is 10.4. The number of rotatable bonds is 5. The molecule has 0 radical (unpaired) electrons. The Morgan fingerprint density at radius 1 is 1.12 bits per heavy atom. The molecule has 0 aromatic heterocycles. The highest BCUT2D eigenvalue weighted by molar-refractivity contribution is 8.18. The third-order valence-corrected chi connectivity index (χ3v) is 6.38. The fourth-order valence-corrected chi connectivity index (χ4v) is 4.40. The third-order valence-electron chi connectivity index (χ3n) is 5.34. The zero-order chi connectivity index (χ0) is 23.4. The van der Waals surface area contributed by atoms with E-state index >= 15 is 0 Å². The number of ether oxygens (including phenoxy) is 1. The summed E-state index contributed by atoms with van der Waals surface area (Å²) in [4.78, 5) is 42.7. The minimum Gasteiger partial charge on any atom is -0.489 e. The SMILES string of the molecule is CC(=O)N1CCN(C2=NC(=O)/C(=C\c3ccc(OCc4ccc([N+](=O)[O-])cc4)cc3)S2)CC1. The highest BCUT2D eigenvalue weighted by atomic mass is 32.2. The van der Waals surface area contributed by atoms with Crippen LogP contribution in [0, 0.1) is 10.1 Å². The number of piperazine rings is 1. The Labute approximate surface area is 194 Å². The molecule has 10 heteroatoms. The van der Waals surface area contributed by atoms with Crippen LogP contribution in [0.2, 0.25) is 0 Å². The van der Waals surface area contributed by atoms with Crippen molar-refractivity contribution < 1.29 is 19.2 Å². The highest BCUT2D eigenvalue weighted by Gasteiger charge is 2.28. The standard InChI is InChI=1S/C23H22N4O5S/c1-16(28)25-10-12-26(13-11-25)23-24-22(29)21(33-23)14-17-4-8-20(9-5-17)32-15-18-2-6-19(7-3-18)27(30)31/h2-9,14H,10-13,15H2,1H3/b21-14+. The maximum atomic E-state index is 12.4. The van der Waals surface area contributed by atoms with Gasteiger partial charge in [0.1, 0.15) is 12.4 Å². The summed E-state index contributed by atoms with van der Waals surface area (Å²) in [6.45, 7) is 4.43. The van der Waals surface area contributed by atoms with Gasteiger partial charge in [-0.2, -0.15) is 4.99 Å². The molecule has 0 atom stereocenters. The molecule has 2 aliphatic heterocycles. The first kappa shape index (κ1) is 22.5. The van der Waals surface area contributed by atoms with E-state index in [4.69, 9.17) is 4.74 Å². The number of aliphatic imine (C=N–C) groups is 1. The second-order valence-electron chi connectivity index (χ2n) is 7.58. The van der Waals surface area contributed by atoms with Crippen LogP contribution >= 0.6 is 11.8 Å². The largest absolute Gasteiger partial charge is 0.489 e. The molecule has 170 valence electrons. The Morgan fingerprint density at radius 2 is 1.79 bits per heavy atom. The summed E-state index contributed by atoms with van der Waals surface area (Å²) in [6.07, 6.45) is 1.80. The van der Waals surface area contributed by atoms with Gasteiger partial charge < -0.3 is 14.5 Å². The molecule has 1 fully saturated rings. The lowest BCUT2D eigenvalue weighted by atomic mass is 10.2. The van der Waals surface area contributed by atoms with Crippen molar-refractivity contribution in [1.82, 2.24) is 9.80 Å². The first-order chi connectivity index (χ1) is 15.9. The molecule has 1 saturated heterocycles. The Balaban J connectivity index is 1.32. The molecule has 0 spiro atoms. The van der Waals surface area contributed by atoms with Gasteiger partial charge >= 0.3 is 0 Å². The number of nitro benzene ring substituents is 1. The summed E-state index contributed by atoms with van der Waals surface area (Å²) < 4.78 is 5.74. The average molecular weight is 467 g/mol. The van der Waals surface area contributed by atoms with Crippen LogP contribution in [-0.2, 0) is 16.2 Å². The lowest BCUT2D eigenvalue weighted by Gasteiger charge is -2.34. The van der Waals surface area contributed by atoms with Crippen LogP contribution in [0.25, 0.3) is 6.08 Å². The molecule has 2 amide bonds. The van der Waals surface area contributed by atoms with E-state index in [0.717, 1.165) is 11.1 Å². The van der Waals surface area contributed by atoms with Gasteiger partial charge in [-0.25, -0.2) is 0 Å². The fraction of sp³-hybridized carbons (Fsp3) is 0.261. The third kappa shape index (κ3) is 5.58. The van der Waals surface area contributed by atoms with E-state index in [1.807, 2.05) is 29.2 Å². The van der Waals surface area contributed by atoms with Crippen molar-refractivity contribution in [2.75, 3.05) is 26.2 Å². The van der Waals surface area contributed by atoms with Gasteiger partial charge in [0.2, 0.25) is 5.91 Å². The quantitative estimate of drug-likeness (QED) is 0.378. The Bertz CT molecular complexity index is 1120. The molecular weight excluding hydrogens is 444 g/mol. The van der Waals surface area contributed by atoms with Gasteiger partial charge in [0, 0.05) is 45.2 Å². The first-order valence-corrected chi connectivity index (χ1v) is 11.2. The van der Waals surface area contributed by atoms with Crippen LogP contribution in [0.5, 0.6) is 5.75 Å². The number of amidine groups is 1. The number of nitrogens with zero attached hydrogens (tertiary/aromatic N) is 4. The van der Waals surface area contributed by atoms with Gasteiger partial charge in [0.05, 0.1) is 9.83 Å². The molecule has 0 aliphatic carbocycles. The Hall–Kier alpha value is -3.66. The lowest BCUT2D eigenvalue weighted by Crippen LogP contribution is -2.49. The van der Waals surface area contributed by atoms with Crippen molar-refractivity contribution in [3.63, 3.8) is 0 Å². The summed E-state index contributed by atoms with van der Waals surface area (Å²) in [5.41, 5.74) is 1.72. The second kappa shape index (κ2) is 9.86. The van der Waals surface area contributed by atoms with Gasteiger partial charge in [-0.3, -0.25) is 19.7 Å². The molecule has 9 nitrogen and oxygen atoms in total. The molecule has 0 bridgehead atoms. The topological polar surface area (TPSA) is 105 Å². The zero-order valence-corrected chi connectivity index (χ0v) is 18.8. The molecule has 33 heavy (non-hydrogen) atoms. The van der Waals surface area contributed by atoms with Gasteiger partial charge in [-0.15, -0.1) is 0 Å². The number of nitro groups is 1. The van der Waals surface area contributed by atoms with Crippen molar-refractivity contribution in [2.45, 2.75) is 13.5 Å². The predicted octanol–water partition coefficient (Wildman–Crippen LogP) is 3.31. The molecule has 0 saturated carbocycles. The van der Waals surface area contributed by atoms with Crippen molar-refractivity contribution in [3.8, 4) is 5.75 Å². The number of carbonyl (C=O) groups is 2. The van der Waals surface area contributed by atoms with Crippen LogP contribution in [0.3, 0.4) is 0 Å². The van der Waals surface area contributed by atoms with E-state index in [9.17, 15) is 19.7 Å². The lowest BCUT2D eigenvalue weighted by molar-refractivity contribution is -0.384.